The fraction of sp³-hybridized carbons (Fsp3) is 0.556. The van der Waals surface area contributed by atoms with Gasteiger partial charge in [0.05, 0.1) is 7.11 Å². The molecular formula is C9H15N5O2. The molecule has 0 aliphatic rings. The van der Waals surface area contributed by atoms with E-state index in [1.807, 2.05) is 13.8 Å². The van der Waals surface area contributed by atoms with E-state index in [1.165, 1.54) is 7.11 Å². The maximum absolute atomic E-state index is 11.4. The van der Waals surface area contributed by atoms with Crippen LogP contribution < -0.4 is 10.6 Å². The maximum atomic E-state index is 11.4. The fourth-order valence-corrected chi connectivity index (χ4v) is 1.08. The van der Waals surface area contributed by atoms with Crippen LogP contribution in [0.3, 0.4) is 0 Å². The van der Waals surface area contributed by atoms with Gasteiger partial charge in [-0.15, -0.1) is 10.2 Å². The first kappa shape index (κ1) is 12.2. The zero-order valence-electron chi connectivity index (χ0n) is 9.57. The third kappa shape index (κ3) is 2.78. The van der Waals surface area contributed by atoms with Crippen LogP contribution in [0.15, 0.2) is 0 Å². The molecule has 0 radical (unpaired) electrons. The van der Waals surface area contributed by atoms with Crippen LogP contribution in [0.2, 0.25) is 0 Å². The summed E-state index contributed by atoms with van der Waals surface area (Å²) in [5.41, 5.74) is 0.135. The van der Waals surface area contributed by atoms with E-state index in [0.29, 0.717) is 24.9 Å². The van der Waals surface area contributed by atoms with Gasteiger partial charge in [-0.2, -0.15) is 0 Å². The average molecular weight is 225 g/mol. The number of aromatic nitrogens is 3. The SMILES string of the molecule is CCNc1nnc(NCC)c(C(=O)OC)n1. The molecule has 7 heteroatoms. The molecule has 0 saturated carbocycles. The Bertz CT molecular complexity index is 369. The summed E-state index contributed by atoms with van der Waals surface area (Å²) < 4.78 is 4.62. The molecule has 0 aromatic carbocycles. The molecule has 1 aromatic heterocycles. The number of hydrogen-bond acceptors (Lipinski definition) is 7. The number of nitrogens with zero attached hydrogens (tertiary/aromatic N) is 3. The molecule has 7 nitrogen and oxygen atoms in total. The largest absolute Gasteiger partial charge is 0.464 e. The van der Waals surface area contributed by atoms with Crippen molar-refractivity contribution in [1.82, 2.24) is 15.2 Å². The molecule has 16 heavy (non-hydrogen) atoms. The van der Waals surface area contributed by atoms with Gasteiger partial charge >= 0.3 is 5.97 Å². The molecule has 1 aromatic rings. The quantitative estimate of drug-likeness (QED) is 0.706. The lowest BCUT2D eigenvalue weighted by atomic mass is 10.4. The lowest BCUT2D eigenvalue weighted by Crippen LogP contribution is -2.15. The van der Waals surface area contributed by atoms with E-state index in [-0.39, 0.29) is 5.69 Å². The summed E-state index contributed by atoms with van der Waals surface area (Å²) in [5, 5.41) is 13.5. The summed E-state index contributed by atoms with van der Waals surface area (Å²) in [6, 6.07) is 0. The average Bonchev–Trinajstić information content (AvgIpc) is 2.31. The van der Waals surface area contributed by atoms with Crippen LogP contribution in [0.1, 0.15) is 24.3 Å². The first-order valence-corrected chi connectivity index (χ1v) is 5.03. The van der Waals surface area contributed by atoms with Gasteiger partial charge in [0.25, 0.3) is 0 Å². The Morgan fingerprint density at radius 3 is 2.50 bits per heavy atom. The monoisotopic (exact) mass is 225 g/mol. The molecule has 0 fully saturated rings. The van der Waals surface area contributed by atoms with Gasteiger partial charge in [0.1, 0.15) is 0 Å². The molecule has 0 spiro atoms. The summed E-state index contributed by atoms with van der Waals surface area (Å²) in [4.78, 5) is 15.5. The lowest BCUT2D eigenvalue weighted by molar-refractivity contribution is 0.0594. The van der Waals surface area contributed by atoms with Crippen LogP contribution in [0.5, 0.6) is 0 Å². The summed E-state index contributed by atoms with van der Waals surface area (Å²) in [6.45, 7) is 5.07. The molecule has 1 heterocycles. The molecule has 0 unspecified atom stereocenters. The number of ether oxygens (including phenoxy) is 1. The van der Waals surface area contributed by atoms with E-state index in [9.17, 15) is 4.79 Å². The number of hydrogen-bond donors (Lipinski definition) is 2. The number of rotatable bonds is 5. The van der Waals surface area contributed by atoms with E-state index < -0.39 is 5.97 Å². The highest BCUT2D eigenvalue weighted by Gasteiger charge is 2.16. The van der Waals surface area contributed by atoms with Crippen molar-refractivity contribution in [3.63, 3.8) is 0 Å². The normalized spacial score (nSPS) is 9.69. The second-order valence-corrected chi connectivity index (χ2v) is 2.88. The van der Waals surface area contributed by atoms with E-state index in [0.717, 1.165) is 0 Å². The molecule has 0 saturated heterocycles. The highest BCUT2D eigenvalue weighted by molar-refractivity contribution is 5.92. The van der Waals surface area contributed by atoms with E-state index in [1.54, 1.807) is 0 Å². The predicted molar refractivity (Wildman–Crippen MR) is 59.5 cm³/mol. The Hall–Kier alpha value is -1.92. The molecule has 1 rings (SSSR count). The number of carbonyl (C=O) groups excluding carboxylic acids is 1. The van der Waals surface area contributed by atoms with Crippen molar-refractivity contribution in [2.75, 3.05) is 30.8 Å². The number of carbonyl (C=O) groups is 1. The Morgan fingerprint density at radius 1 is 1.25 bits per heavy atom. The van der Waals surface area contributed by atoms with Gasteiger partial charge < -0.3 is 15.4 Å². The summed E-state index contributed by atoms with van der Waals surface area (Å²) in [6.07, 6.45) is 0. The third-order valence-corrected chi connectivity index (χ3v) is 1.74. The molecule has 0 aliphatic heterocycles. The van der Waals surface area contributed by atoms with Gasteiger partial charge in [0.15, 0.2) is 11.5 Å². The van der Waals surface area contributed by atoms with Gasteiger partial charge in [-0.25, -0.2) is 9.78 Å². The summed E-state index contributed by atoms with van der Waals surface area (Å²) >= 11 is 0. The molecule has 0 aliphatic carbocycles. The van der Waals surface area contributed by atoms with Crippen LogP contribution in [0.4, 0.5) is 11.8 Å². The van der Waals surface area contributed by atoms with Gasteiger partial charge in [-0.1, -0.05) is 0 Å². The van der Waals surface area contributed by atoms with Crippen molar-refractivity contribution in [2.24, 2.45) is 0 Å². The minimum absolute atomic E-state index is 0.135. The topological polar surface area (TPSA) is 89.0 Å². The van der Waals surface area contributed by atoms with Crippen LogP contribution in [0.25, 0.3) is 0 Å². The number of methoxy groups -OCH3 is 1. The molecule has 88 valence electrons. The Balaban J connectivity index is 3.05. The molecule has 0 bridgehead atoms. The highest BCUT2D eigenvalue weighted by Crippen LogP contribution is 2.11. The van der Waals surface area contributed by atoms with Gasteiger partial charge in [0, 0.05) is 13.1 Å². The predicted octanol–water partition coefficient (Wildman–Crippen LogP) is 0.522. The van der Waals surface area contributed by atoms with Crippen molar-refractivity contribution in [3.8, 4) is 0 Å². The Kier molecular flexibility index (Phi) is 4.43. The molecule has 2 N–H and O–H groups in total. The van der Waals surface area contributed by atoms with Crippen molar-refractivity contribution >= 4 is 17.7 Å². The Morgan fingerprint density at radius 2 is 1.94 bits per heavy atom. The van der Waals surface area contributed by atoms with Gasteiger partial charge in [0.2, 0.25) is 5.95 Å². The standard InChI is InChI=1S/C9H15N5O2/c1-4-10-7-6(8(15)16-3)12-9(11-5-2)14-13-7/h4-5H2,1-3H3,(H,10,13)(H,11,12,14). The van der Waals surface area contributed by atoms with Crippen LogP contribution in [-0.2, 0) is 4.74 Å². The first-order valence-electron chi connectivity index (χ1n) is 5.03. The fourth-order valence-electron chi connectivity index (χ4n) is 1.08. The molecular weight excluding hydrogens is 210 g/mol. The van der Waals surface area contributed by atoms with Crippen molar-refractivity contribution < 1.29 is 9.53 Å². The number of esters is 1. The van der Waals surface area contributed by atoms with Crippen LogP contribution in [0, 0.1) is 0 Å². The second kappa shape index (κ2) is 5.84. The lowest BCUT2D eigenvalue weighted by Gasteiger charge is -2.08. The molecule has 0 amide bonds. The molecule has 0 atom stereocenters. The minimum Gasteiger partial charge on any atom is -0.464 e. The first-order chi connectivity index (χ1) is 7.72. The van der Waals surface area contributed by atoms with Crippen LogP contribution in [-0.4, -0.2) is 41.3 Å². The van der Waals surface area contributed by atoms with Gasteiger partial charge in [-0.05, 0) is 13.8 Å². The minimum atomic E-state index is -0.537. The Labute approximate surface area is 93.6 Å². The van der Waals surface area contributed by atoms with E-state index in [2.05, 4.69) is 30.6 Å². The highest BCUT2D eigenvalue weighted by atomic mass is 16.5. The number of anilines is 2. The van der Waals surface area contributed by atoms with E-state index in [4.69, 9.17) is 0 Å². The van der Waals surface area contributed by atoms with Crippen molar-refractivity contribution in [2.45, 2.75) is 13.8 Å². The summed E-state index contributed by atoms with van der Waals surface area (Å²) in [7, 11) is 1.30. The van der Waals surface area contributed by atoms with Gasteiger partial charge in [-0.3, -0.25) is 0 Å². The number of nitrogens with one attached hydrogen (secondary N) is 2. The summed E-state index contributed by atoms with van der Waals surface area (Å²) in [5.74, 6) is 0.102. The van der Waals surface area contributed by atoms with Crippen molar-refractivity contribution in [3.05, 3.63) is 5.69 Å². The van der Waals surface area contributed by atoms with E-state index >= 15 is 0 Å². The smallest absolute Gasteiger partial charge is 0.360 e. The zero-order chi connectivity index (χ0) is 12.0. The third-order valence-electron chi connectivity index (χ3n) is 1.74. The zero-order valence-corrected chi connectivity index (χ0v) is 9.57. The second-order valence-electron chi connectivity index (χ2n) is 2.88. The van der Waals surface area contributed by atoms with Crippen LogP contribution >= 0.6 is 0 Å². The maximum Gasteiger partial charge on any atom is 0.360 e. The van der Waals surface area contributed by atoms with Crippen molar-refractivity contribution in [1.29, 1.82) is 0 Å².